The zero-order chi connectivity index (χ0) is 26.8. The van der Waals surface area contributed by atoms with Gasteiger partial charge in [-0.25, -0.2) is 13.6 Å². The van der Waals surface area contributed by atoms with E-state index in [0.29, 0.717) is 23.9 Å². The average Bonchev–Trinajstić information content (AvgIpc) is 3.15. The first kappa shape index (κ1) is 26.2. The van der Waals surface area contributed by atoms with Gasteiger partial charge in [0.05, 0.1) is 17.4 Å². The maximum Gasteiger partial charge on any atom is 0.425 e. The van der Waals surface area contributed by atoms with Crippen molar-refractivity contribution in [3.05, 3.63) is 57.5 Å². The summed E-state index contributed by atoms with van der Waals surface area (Å²) < 4.78 is 74.7. The first-order valence-corrected chi connectivity index (χ1v) is 10.0. The summed E-state index contributed by atoms with van der Waals surface area (Å²) in [5, 5.41) is 24.2. The summed E-state index contributed by atoms with van der Waals surface area (Å²) in [4.78, 5) is 32.4. The Morgan fingerprint density at radius 2 is 2.00 bits per heavy atom. The molecule has 0 saturated heterocycles. The number of hydrogen-bond donors (Lipinski definition) is 2. The molecule has 36 heavy (non-hydrogen) atoms. The maximum atomic E-state index is 15.0. The molecule has 3 heterocycles. The van der Waals surface area contributed by atoms with Crippen molar-refractivity contribution in [2.24, 2.45) is 0 Å². The number of carbonyl (C=O) groups is 1. The summed E-state index contributed by atoms with van der Waals surface area (Å²) >= 11 is 0. The second-order valence-electron chi connectivity index (χ2n) is 7.07. The molecule has 0 bridgehead atoms. The van der Waals surface area contributed by atoms with E-state index in [-0.39, 0.29) is 12.4 Å². The van der Waals surface area contributed by atoms with Crippen LogP contribution in [0.15, 0.2) is 23.3 Å². The molecule has 0 fully saturated rings. The van der Waals surface area contributed by atoms with Gasteiger partial charge in [-0.05, 0) is 19.9 Å². The number of rotatable bonds is 7. The Hall–Kier alpha value is -4.39. The van der Waals surface area contributed by atoms with Crippen LogP contribution in [0, 0.1) is 23.0 Å². The van der Waals surface area contributed by atoms with E-state index in [1.165, 1.54) is 6.92 Å². The van der Waals surface area contributed by atoms with E-state index in [9.17, 15) is 32.3 Å². The number of nitrogens with zero attached hydrogens (tertiary/aromatic N) is 6. The molecule has 0 aliphatic rings. The van der Waals surface area contributed by atoms with E-state index < -0.39 is 70.6 Å². The van der Waals surface area contributed by atoms with Crippen LogP contribution in [0.3, 0.4) is 0 Å². The Bertz CT molecular complexity index is 1410. The molecule has 3 aromatic rings. The van der Waals surface area contributed by atoms with Crippen LogP contribution in [0.4, 0.5) is 27.6 Å². The van der Waals surface area contributed by atoms with Gasteiger partial charge in [0.2, 0.25) is 5.88 Å². The Kier molecular flexibility index (Phi) is 7.34. The Balaban J connectivity index is 2.17. The smallest absolute Gasteiger partial charge is 0.425 e. The van der Waals surface area contributed by atoms with Crippen LogP contribution in [0.25, 0.3) is 5.82 Å². The standard InChI is InChI=1S/C20H16F5N7O4/c1-3-31-14(8-33)30-32(19(31)35)16-12(21)4-11(18(29-16)36-9(2)20(23,24)25)17(34)28-15-10(5-26)6-27-7-13(15)22/h4,6-7,9,33H,3,8H2,1-2H3,(H,27,28,34)/t9-/m0/s1. The second kappa shape index (κ2) is 10.1. The summed E-state index contributed by atoms with van der Waals surface area (Å²) in [7, 11) is 0. The number of halogens is 5. The molecule has 0 aromatic carbocycles. The molecular weight excluding hydrogens is 497 g/mol. The number of nitriles is 1. The van der Waals surface area contributed by atoms with Crippen molar-refractivity contribution in [3.8, 4) is 17.8 Å². The number of carbonyl (C=O) groups excluding carboxylic acids is 1. The highest BCUT2D eigenvalue weighted by molar-refractivity contribution is 6.06. The van der Waals surface area contributed by atoms with Gasteiger partial charge in [-0.3, -0.25) is 14.3 Å². The summed E-state index contributed by atoms with van der Waals surface area (Å²) in [6.45, 7) is 1.41. The quantitative estimate of drug-likeness (QED) is 0.457. The predicted octanol–water partition coefficient (Wildman–Crippen LogP) is 2.07. The third-order valence-electron chi connectivity index (χ3n) is 4.77. The van der Waals surface area contributed by atoms with E-state index in [1.807, 2.05) is 5.32 Å². The number of hydrogen-bond acceptors (Lipinski definition) is 8. The number of pyridine rings is 2. The van der Waals surface area contributed by atoms with Crippen molar-refractivity contribution < 1.29 is 36.6 Å². The van der Waals surface area contributed by atoms with Gasteiger partial charge in [0, 0.05) is 12.7 Å². The van der Waals surface area contributed by atoms with Gasteiger partial charge in [-0.15, -0.1) is 5.10 Å². The van der Waals surface area contributed by atoms with Gasteiger partial charge in [0.1, 0.15) is 18.2 Å². The molecule has 190 valence electrons. The maximum absolute atomic E-state index is 15.0. The number of aliphatic hydroxyl groups excluding tert-OH is 1. The molecule has 11 nitrogen and oxygen atoms in total. The zero-order valence-corrected chi connectivity index (χ0v) is 18.5. The molecule has 0 radical (unpaired) electrons. The molecule has 0 unspecified atom stereocenters. The number of amides is 1. The fraction of sp³-hybridized carbons (Fsp3) is 0.300. The first-order valence-electron chi connectivity index (χ1n) is 10.0. The highest BCUT2D eigenvalue weighted by atomic mass is 19.4. The lowest BCUT2D eigenvalue weighted by molar-refractivity contribution is -0.190. The van der Waals surface area contributed by atoms with Crippen LogP contribution in [0.5, 0.6) is 5.88 Å². The van der Waals surface area contributed by atoms with Gasteiger partial charge >= 0.3 is 11.9 Å². The minimum Gasteiger partial charge on any atom is -0.464 e. The Labute approximate surface area is 198 Å². The van der Waals surface area contributed by atoms with E-state index in [1.54, 1.807) is 6.07 Å². The van der Waals surface area contributed by atoms with Crippen LogP contribution in [0.2, 0.25) is 0 Å². The van der Waals surface area contributed by atoms with Crippen molar-refractivity contribution in [2.75, 3.05) is 5.32 Å². The summed E-state index contributed by atoms with van der Waals surface area (Å²) in [5.41, 5.74) is -2.97. The Morgan fingerprint density at radius 1 is 1.31 bits per heavy atom. The van der Waals surface area contributed by atoms with Crippen LogP contribution in [-0.2, 0) is 13.2 Å². The third-order valence-corrected chi connectivity index (χ3v) is 4.77. The van der Waals surface area contributed by atoms with E-state index in [2.05, 4.69) is 15.1 Å². The lowest BCUT2D eigenvalue weighted by Crippen LogP contribution is -2.33. The van der Waals surface area contributed by atoms with Crippen LogP contribution in [0.1, 0.15) is 35.6 Å². The summed E-state index contributed by atoms with van der Waals surface area (Å²) in [5.74, 6) is -6.07. The average molecular weight is 513 g/mol. The first-order chi connectivity index (χ1) is 16.9. The Morgan fingerprint density at radius 3 is 2.56 bits per heavy atom. The fourth-order valence-corrected chi connectivity index (χ4v) is 2.94. The molecule has 3 aromatic heterocycles. The molecule has 16 heteroatoms. The SMILES string of the molecule is CCn1c(CO)nn(-c2nc(O[C@@H](C)C(F)(F)F)c(C(=O)Nc3c(F)cncc3C#N)cc2F)c1=O. The van der Waals surface area contributed by atoms with Gasteiger partial charge in [-0.2, -0.15) is 28.1 Å². The molecule has 0 aliphatic carbocycles. The van der Waals surface area contributed by atoms with Crippen LogP contribution >= 0.6 is 0 Å². The van der Waals surface area contributed by atoms with Crippen molar-refractivity contribution >= 4 is 11.6 Å². The largest absolute Gasteiger partial charge is 0.464 e. The summed E-state index contributed by atoms with van der Waals surface area (Å²) in [6.07, 6.45) is -5.89. The number of anilines is 1. The molecule has 0 aliphatic heterocycles. The predicted molar refractivity (Wildman–Crippen MR) is 110 cm³/mol. The minimum absolute atomic E-state index is 0.0179. The highest BCUT2D eigenvalue weighted by Gasteiger charge is 2.39. The van der Waals surface area contributed by atoms with Gasteiger partial charge in [0.15, 0.2) is 29.4 Å². The molecule has 1 amide bonds. The van der Waals surface area contributed by atoms with E-state index in [0.717, 1.165) is 10.8 Å². The van der Waals surface area contributed by atoms with E-state index >= 15 is 4.39 Å². The molecule has 2 N–H and O–H groups in total. The summed E-state index contributed by atoms with van der Waals surface area (Å²) in [6, 6.07) is 1.98. The number of nitrogens with one attached hydrogen (secondary N) is 1. The van der Waals surface area contributed by atoms with Crippen molar-refractivity contribution in [1.29, 1.82) is 5.26 Å². The molecule has 0 saturated carbocycles. The van der Waals surface area contributed by atoms with Crippen LogP contribution in [-0.4, -0.2) is 47.6 Å². The lowest BCUT2D eigenvalue weighted by Gasteiger charge is -2.19. The number of ether oxygens (including phenoxy) is 1. The number of aliphatic hydroxyl groups is 1. The normalized spacial score (nSPS) is 12.2. The monoisotopic (exact) mass is 513 g/mol. The van der Waals surface area contributed by atoms with E-state index in [4.69, 9.17) is 10.00 Å². The molecule has 3 rings (SSSR count). The van der Waals surface area contributed by atoms with Gasteiger partial charge in [0.25, 0.3) is 5.91 Å². The molecule has 1 atom stereocenters. The van der Waals surface area contributed by atoms with Crippen molar-refractivity contribution in [3.63, 3.8) is 0 Å². The zero-order valence-electron chi connectivity index (χ0n) is 18.5. The van der Waals surface area contributed by atoms with Crippen molar-refractivity contribution in [2.45, 2.75) is 39.3 Å². The third kappa shape index (κ3) is 5.00. The van der Waals surface area contributed by atoms with Crippen LogP contribution < -0.4 is 15.7 Å². The lowest BCUT2D eigenvalue weighted by atomic mass is 10.2. The molecule has 0 spiro atoms. The number of alkyl halides is 3. The number of aromatic nitrogens is 5. The topological polar surface area (TPSA) is 148 Å². The van der Waals surface area contributed by atoms with Crippen molar-refractivity contribution in [1.82, 2.24) is 24.3 Å². The van der Waals surface area contributed by atoms with Gasteiger partial charge in [-0.1, -0.05) is 0 Å². The minimum atomic E-state index is -4.93. The van der Waals surface area contributed by atoms with Gasteiger partial charge < -0.3 is 15.2 Å². The fourth-order valence-electron chi connectivity index (χ4n) is 2.94. The highest BCUT2D eigenvalue weighted by Crippen LogP contribution is 2.29. The second-order valence-corrected chi connectivity index (χ2v) is 7.07. The molecular formula is C20H16F5N7O4.